The lowest BCUT2D eigenvalue weighted by atomic mass is 10.2. The Bertz CT molecular complexity index is 466. The van der Waals surface area contributed by atoms with E-state index in [2.05, 4.69) is 0 Å². The second kappa shape index (κ2) is 6.64. The van der Waals surface area contributed by atoms with Crippen molar-refractivity contribution in [3.05, 3.63) is 23.8 Å². The number of nitrogen functional groups attached to an aromatic ring is 1. The average Bonchev–Trinajstić information content (AvgIpc) is 2.71. The van der Waals surface area contributed by atoms with Gasteiger partial charge in [-0.25, -0.2) is 0 Å². The van der Waals surface area contributed by atoms with Gasteiger partial charge < -0.3 is 15.4 Å². The molecule has 1 heterocycles. The van der Waals surface area contributed by atoms with Crippen LogP contribution in [-0.4, -0.2) is 30.0 Å². The van der Waals surface area contributed by atoms with Crippen LogP contribution in [0.1, 0.15) is 38.2 Å². The van der Waals surface area contributed by atoms with Gasteiger partial charge in [-0.15, -0.1) is 0 Å². The zero-order valence-corrected chi connectivity index (χ0v) is 12.4. The summed E-state index contributed by atoms with van der Waals surface area (Å²) in [5.41, 5.74) is 7.42. The molecule has 1 atom stereocenters. The van der Waals surface area contributed by atoms with Crippen LogP contribution in [0.25, 0.3) is 0 Å². The Morgan fingerprint density at radius 1 is 1.25 bits per heavy atom. The molecule has 1 fully saturated rings. The molecule has 0 radical (unpaired) electrons. The van der Waals surface area contributed by atoms with Crippen molar-refractivity contribution in [2.45, 2.75) is 45.6 Å². The van der Waals surface area contributed by atoms with Crippen molar-refractivity contribution in [2.75, 3.05) is 18.8 Å². The maximum atomic E-state index is 12.4. The van der Waals surface area contributed by atoms with Crippen LogP contribution in [0.5, 0.6) is 5.75 Å². The third-order valence-electron chi connectivity index (χ3n) is 3.78. The highest BCUT2D eigenvalue weighted by Crippen LogP contribution is 2.22. The molecule has 1 aliphatic rings. The SMILES string of the molecule is Cc1ccc(N)cc1OC(C)C(=O)N1CCCCCC1. The van der Waals surface area contributed by atoms with E-state index < -0.39 is 6.10 Å². The van der Waals surface area contributed by atoms with Crippen molar-refractivity contribution in [3.8, 4) is 5.75 Å². The molecule has 0 spiro atoms. The predicted octanol–water partition coefficient (Wildman–Crippen LogP) is 2.75. The smallest absolute Gasteiger partial charge is 0.263 e. The number of aryl methyl sites for hydroxylation is 1. The van der Waals surface area contributed by atoms with Crippen molar-refractivity contribution < 1.29 is 9.53 Å². The fourth-order valence-electron chi connectivity index (χ4n) is 2.53. The molecule has 1 aromatic carbocycles. The molecule has 4 heteroatoms. The first-order valence-electron chi connectivity index (χ1n) is 7.39. The van der Waals surface area contributed by atoms with Gasteiger partial charge in [0.1, 0.15) is 5.75 Å². The quantitative estimate of drug-likeness (QED) is 0.864. The number of anilines is 1. The summed E-state index contributed by atoms with van der Waals surface area (Å²) < 4.78 is 5.81. The topological polar surface area (TPSA) is 55.6 Å². The first-order chi connectivity index (χ1) is 9.58. The number of ether oxygens (including phenoxy) is 1. The molecule has 1 saturated heterocycles. The lowest BCUT2D eigenvalue weighted by Crippen LogP contribution is -2.41. The summed E-state index contributed by atoms with van der Waals surface area (Å²) in [7, 11) is 0. The van der Waals surface area contributed by atoms with E-state index in [-0.39, 0.29) is 5.91 Å². The molecule has 1 unspecified atom stereocenters. The summed E-state index contributed by atoms with van der Waals surface area (Å²) in [6.45, 7) is 5.47. The summed E-state index contributed by atoms with van der Waals surface area (Å²) in [4.78, 5) is 14.4. The number of carbonyl (C=O) groups is 1. The highest BCUT2D eigenvalue weighted by Gasteiger charge is 2.23. The molecule has 0 saturated carbocycles. The molecule has 1 aromatic rings. The van der Waals surface area contributed by atoms with E-state index in [0.717, 1.165) is 31.5 Å². The number of amides is 1. The van der Waals surface area contributed by atoms with Crippen molar-refractivity contribution in [1.82, 2.24) is 4.90 Å². The summed E-state index contributed by atoms with van der Waals surface area (Å²) >= 11 is 0. The summed E-state index contributed by atoms with van der Waals surface area (Å²) in [5.74, 6) is 0.773. The van der Waals surface area contributed by atoms with Crippen LogP contribution in [0, 0.1) is 6.92 Å². The number of likely N-dealkylation sites (tertiary alicyclic amines) is 1. The Kier molecular flexibility index (Phi) is 4.88. The number of carbonyl (C=O) groups excluding carboxylic acids is 1. The van der Waals surface area contributed by atoms with Crippen LogP contribution >= 0.6 is 0 Å². The van der Waals surface area contributed by atoms with Crippen LogP contribution < -0.4 is 10.5 Å². The van der Waals surface area contributed by atoms with E-state index >= 15 is 0 Å². The van der Waals surface area contributed by atoms with Gasteiger partial charge in [0.05, 0.1) is 0 Å². The van der Waals surface area contributed by atoms with Crippen LogP contribution in [0.3, 0.4) is 0 Å². The minimum atomic E-state index is -0.464. The van der Waals surface area contributed by atoms with Gasteiger partial charge in [-0.1, -0.05) is 18.9 Å². The van der Waals surface area contributed by atoms with E-state index in [1.807, 2.05) is 30.9 Å². The van der Waals surface area contributed by atoms with Crippen LogP contribution in [0.4, 0.5) is 5.69 Å². The lowest BCUT2D eigenvalue weighted by Gasteiger charge is -2.25. The molecule has 20 heavy (non-hydrogen) atoms. The molecule has 0 aromatic heterocycles. The van der Waals surface area contributed by atoms with Gasteiger partial charge in [-0.2, -0.15) is 0 Å². The van der Waals surface area contributed by atoms with Gasteiger partial charge in [-0.05, 0) is 38.3 Å². The number of nitrogens with two attached hydrogens (primary N) is 1. The minimum Gasteiger partial charge on any atom is -0.481 e. The Balaban J connectivity index is 2.01. The Hall–Kier alpha value is -1.71. The van der Waals surface area contributed by atoms with Crippen molar-refractivity contribution in [2.24, 2.45) is 0 Å². The molecule has 110 valence electrons. The van der Waals surface area contributed by atoms with Crippen LogP contribution in [0.15, 0.2) is 18.2 Å². The van der Waals surface area contributed by atoms with E-state index in [9.17, 15) is 4.79 Å². The van der Waals surface area contributed by atoms with Gasteiger partial charge in [0, 0.05) is 24.8 Å². The molecule has 0 aliphatic carbocycles. The van der Waals surface area contributed by atoms with E-state index in [1.165, 1.54) is 12.8 Å². The second-order valence-electron chi connectivity index (χ2n) is 5.52. The standard InChI is InChI=1S/C16H24N2O2/c1-12-7-8-14(17)11-15(12)20-13(2)16(19)18-9-5-3-4-6-10-18/h7-8,11,13H,3-6,9-10,17H2,1-2H3. The number of hydrogen-bond donors (Lipinski definition) is 1. The molecule has 1 amide bonds. The Morgan fingerprint density at radius 3 is 2.55 bits per heavy atom. The van der Waals surface area contributed by atoms with Gasteiger partial charge in [-0.3, -0.25) is 4.79 Å². The third-order valence-corrected chi connectivity index (χ3v) is 3.78. The molecule has 0 bridgehead atoms. The number of benzene rings is 1. The molecule has 1 aliphatic heterocycles. The van der Waals surface area contributed by atoms with Crippen molar-refractivity contribution in [1.29, 1.82) is 0 Å². The van der Waals surface area contributed by atoms with Gasteiger partial charge >= 0.3 is 0 Å². The zero-order valence-electron chi connectivity index (χ0n) is 12.4. The normalized spacial score (nSPS) is 17.4. The highest BCUT2D eigenvalue weighted by molar-refractivity contribution is 5.81. The molecule has 2 rings (SSSR count). The Labute approximate surface area is 120 Å². The van der Waals surface area contributed by atoms with Crippen LogP contribution in [0.2, 0.25) is 0 Å². The molecule has 2 N–H and O–H groups in total. The summed E-state index contributed by atoms with van der Waals surface area (Å²) in [6, 6.07) is 5.53. The first kappa shape index (κ1) is 14.7. The van der Waals surface area contributed by atoms with Crippen molar-refractivity contribution in [3.63, 3.8) is 0 Å². The van der Waals surface area contributed by atoms with Gasteiger partial charge in [0.15, 0.2) is 6.10 Å². The Morgan fingerprint density at radius 2 is 1.90 bits per heavy atom. The first-order valence-corrected chi connectivity index (χ1v) is 7.39. The molecule has 4 nitrogen and oxygen atoms in total. The summed E-state index contributed by atoms with van der Waals surface area (Å²) in [5, 5.41) is 0. The van der Waals surface area contributed by atoms with Gasteiger partial charge in [0.25, 0.3) is 5.91 Å². The number of nitrogens with zero attached hydrogens (tertiary/aromatic N) is 1. The second-order valence-corrected chi connectivity index (χ2v) is 5.52. The zero-order chi connectivity index (χ0) is 14.5. The maximum absolute atomic E-state index is 12.4. The van der Waals surface area contributed by atoms with E-state index in [1.54, 1.807) is 6.07 Å². The molecular formula is C16H24N2O2. The largest absolute Gasteiger partial charge is 0.481 e. The number of hydrogen-bond acceptors (Lipinski definition) is 3. The summed E-state index contributed by atoms with van der Waals surface area (Å²) in [6.07, 6.45) is 4.15. The maximum Gasteiger partial charge on any atom is 0.263 e. The fourth-order valence-corrected chi connectivity index (χ4v) is 2.53. The fraction of sp³-hybridized carbons (Fsp3) is 0.562. The average molecular weight is 276 g/mol. The van der Waals surface area contributed by atoms with Crippen LogP contribution in [-0.2, 0) is 4.79 Å². The van der Waals surface area contributed by atoms with E-state index in [4.69, 9.17) is 10.5 Å². The van der Waals surface area contributed by atoms with Gasteiger partial charge in [0.2, 0.25) is 0 Å². The van der Waals surface area contributed by atoms with Crippen molar-refractivity contribution >= 4 is 11.6 Å². The predicted molar refractivity (Wildman–Crippen MR) is 80.7 cm³/mol. The molecular weight excluding hydrogens is 252 g/mol. The third kappa shape index (κ3) is 3.65. The van der Waals surface area contributed by atoms with E-state index in [0.29, 0.717) is 11.4 Å². The number of rotatable bonds is 3. The lowest BCUT2D eigenvalue weighted by molar-refractivity contribution is -0.137. The monoisotopic (exact) mass is 276 g/mol. The minimum absolute atomic E-state index is 0.0775. The highest BCUT2D eigenvalue weighted by atomic mass is 16.5.